The van der Waals surface area contributed by atoms with Crippen LogP contribution < -0.4 is 5.32 Å². The molecular weight excluding hydrogens is 367 g/mol. The van der Waals surface area contributed by atoms with Gasteiger partial charge in [-0.15, -0.1) is 11.3 Å². The number of hydrogen-bond donors (Lipinski definition) is 1. The lowest BCUT2D eigenvalue weighted by Gasteiger charge is -2.17. The minimum atomic E-state index is -0.768. The van der Waals surface area contributed by atoms with Crippen molar-refractivity contribution in [1.82, 2.24) is 5.32 Å². The fourth-order valence-electron chi connectivity index (χ4n) is 1.86. The summed E-state index contributed by atoms with van der Waals surface area (Å²) in [6, 6.07) is 4.90. The van der Waals surface area contributed by atoms with Crippen LogP contribution in [0, 0.1) is 21.4 Å². The highest BCUT2D eigenvalue weighted by molar-refractivity contribution is 14.1. The van der Waals surface area contributed by atoms with E-state index in [4.69, 9.17) is 0 Å². The molecule has 2 rings (SSSR count). The van der Waals surface area contributed by atoms with Gasteiger partial charge < -0.3 is 5.32 Å². The normalized spacial score (nSPS) is 12.7. The number of benzene rings is 1. The van der Waals surface area contributed by atoms with Gasteiger partial charge in [0, 0.05) is 5.56 Å². The Bertz CT molecular complexity index is 568. The van der Waals surface area contributed by atoms with Crippen LogP contribution in [0.5, 0.6) is 0 Å². The zero-order valence-corrected chi connectivity index (χ0v) is 12.9. The number of halogens is 3. The lowest BCUT2D eigenvalue weighted by Crippen LogP contribution is -2.19. The highest BCUT2D eigenvalue weighted by Gasteiger charge is 2.20. The first kappa shape index (κ1) is 13.9. The molecule has 0 spiro atoms. The van der Waals surface area contributed by atoms with Crippen LogP contribution in [-0.2, 0) is 0 Å². The minimum Gasteiger partial charge on any atom is -0.309 e. The van der Waals surface area contributed by atoms with Crippen molar-refractivity contribution < 1.29 is 8.78 Å². The van der Waals surface area contributed by atoms with Gasteiger partial charge in [-0.3, -0.25) is 0 Å². The number of hydrogen-bond acceptors (Lipinski definition) is 2. The lowest BCUT2D eigenvalue weighted by molar-refractivity contribution is 0.482. The fourth-order valence-corrected chi connectivity index (χ4v) is 3.26. The summed E-state index contributed by atoms with van der Waals surface area (Å²) in [5.74, 6) is -1.53. The summed E-state index contributed by atoms with van der Waals surface area (Å²) in [7, 11) is 1.74. The predicted octanol–water partition coefficient (Wildman–Crippen LogP) is 4.25. The van der Waals surface area contributed by atoms with Crippen molar-refractivity contribution in [3.63, 3.8) is 0 Å². The molecule has 1 unspecified atom stereocenters. The van der Waals surface area contributed by atoms with Gasteiger partial charge in [-0.25, -0.2) is 8.78 Å². The van der Waals surface area contributed by atoms with Crippen LogP contribution in [-0.4, -0.2) is 7.05 Å². The van der Waals surface area contributed by atoms with Crippen molar-refractivity contribution in [1.29, 1.82) is 0 Å². The molecule has 1 aromatic heterocycles. The number of aryl methyl sites for hydroxylation is 1. The van der Waals surface area contributed by atoms with Crippen molar-refractivity contribution in [2.45, 2.75) is 13.0 Å². The smallest absolute Gasteiger partial charge is 0.164 e. The maximum absolute atomic E-state index is 14.0. The molecule has 5 heteroatoms. The molecule has 0 aliphatic heterocycles. The summed E-state index contributed by atoms with van der Waals surface area (Å²) in [6.07, 6.45) is 0. The van der Waals surface area contributed by atoms with E-state index >= 15 is 0 Å². The van der Waals surface area contributed by atoms with Crippen molar-refractivity contribution in [2.24, 2.45) is 0 Å². The Labute approximate surface area is 122 Å². The molecule has 18 heavy (non-hydrogen) atoms. The van der Waals surface area contributed by atoms with E-state index in [-0.39, 0.29) is 6.04 Å². The molecule has 0 aliphatic rings. The van der Waals surface area contributed by atoms with Crippen LogP contribution in [0.2, 0.25) is 0 Å². The van der Waals surface area contributed by atoms with Crippen LogP contribution in [0.25, 0.3) is 0 Å². The third kappa shape index (κ3) is 2.57. The monoisotopic (exact) mass is 379 g/mol. The first-order chi connectivity index (χ1) is 8.54. The van der Waals surface area contributed by atoms with E-state index in [2.05, 4.69) is 27.9 Å². The first-order valence-electron chi connectivity index (χ1n) is 5.40. The minimum absolute atomic E-state index is 0.320. The molecule has 1 aromatic carbocycles. The average Bonchev–Trinajstić information content (AvgIpc) is 2.77. The molecule has 2 aromatic rings. The Morgan fingerprint density at radius 1 is 1.28 bits per heavy atom. The molecule has 0 saturated heterocycles. The summed E-state index contributed by atoms with van der Waals surface area (Å²) in [5.41, 5.74) is 1.62. The lowest BCUT2D eigenvalue weighted by atomic mass is 9.99. The summed E-state index contributed by atoms with van der Waals surface area (Å²) in [4.78, 5) is 0. The van der Waals surface area contributed by atoms with Crippen molar-refractivity contribution in [3.8, 4) is 0 Å². The van der Waals surface area contributed by atoms with Crippen LogP contribution in [0.1, 0.15) is 22.7 Å². The van der Waals surface area contributed by atoms with Crippen LogP contribution >= 0.6 is 33.9 Å². The highest BCUT2D eigenvalue weighted by Crippen LogP contribution is 2.30. The van der Waals surface area contributed by atoms with E-state index in [1.807, 2.05) is 11.4 Å². The van der Waals surface area contributed by atoms with Gasteiger partial charge >= 0.3 is 0 Å². The molecule has 0 fully saturated rings. The number of nitrogens with one attached hydrogen (secondary N) is 1. The van der Waals surface area contributed by atoms with Gasteiger partial charge in [0.15, 0.2) is 11.6 Å². The molecule has 0 radical (unpaired) electrons. The molecule has 1 heterocycles. The number of thiophene rings is 1. The molecular formula is C13H12F2INS. The van der Waals surface area contributed by atoms with Crippen LogP contribution in [0.3, 0.4) is 0 Å². The Balaban J connectivity index is 2.49. The van der Waals surface area contributed by atoms with Gasteiger partial charge in [0.25, 0.3) is 0 Å². The maximum Gasteiger partial charge on any atom is 0.164 e. The molecule has 0 aliphatic carbocycles. The van der Waals surface area contributed by atoms with E-state index in [0.717, 1.165) is 8.45 Å². The summed E-state index contributed by atoms with van der Waals surface area (Å²) in [6.45, 7) is 1.56. The van der Waals surface area contributed by atoms with E-state index in [9.17, 15) is 8.78 Å². The van der Waals surface area contributed by atoms with E-state index < -0.39 is 11.6 Å². The first-order valence-corrected chi connectivity index (χ1v) is 7.36. The zero-order valence-electron chi connectivity index (χ0n) is 9.93. The summed E-state index contributed by atoms with van der Waals surface area (Å²) < 4.78 is 28.7. The van der Waals surface area contributed by atoms with Crippen LogP contribution in [0.15, 0.2) is 23.6 Å². The predicted molar refractivity (Wildman–Crippen MR) is 79.0 cm³/mol. The third-order valence-corrected chi connectivity index (χ3v) is 4.63. The maximum atomic E-state index is 14.0. The summed E-state index contributed by atoms with van der Waals surface area (Å²) >= 11 is 3.80. The quantitative estimate of drug-likeness (QED) is 0.787. The molecule has 0 saturated carbocycles. The topological polar surface area (TPSA) is 12.0 Å². The molecule has 0 bridgehead atoms. The Kier molecular flexibility index (Phi) is 4.34. The van der Waals surface area contributed by atoms with Crippen molar-refractivity contribution in [2.75, 3.05) is 7.05 Å². The van der Waals surface area contributed by atoms with Crippen LogP contribution in [0.4, 0.5) is 8.78 Å². The Morgan fingerprint density at radius 2 is 2.00 bits per heavy atom. The molecule has 96 valence electrons. The molecule has 1 N–H and O–H groups in total. The fraction of sp³-hybridized carbons (Fsp3) is 0.231. The molecule has 1 atom stereocenters. The summed E-state index contributed by atoms with van der Waals surface area (Å²) in [5, 5.41) is 4.99. The largest absolute Gasteiger partial charge is 0.309 e. The zero-order chi connectivity index (χ0) is 13.3. The number of rotatable bonds is 3. The standard InChI is InChI=1S/C13H12F2INS/c1-7-3-4-9(12(15)11(7)14)13(17-2)8-5-10(16)18-6-8/h3-6,13,17H,1-2H3. The third-order valence-electron chi connectivity index (χ3n) is 2.83. The van der Waals surface area contributed by atoms with Gasteiger partial charge in [0.2, 0.25) is 0 Å². The van der Waals surface area contributed by atoms with E-state index in [1.54, 1.807) is 37.4 Å². The second-order valence-corrected chi connectivity index (χ2v) is 6.81. The van der Waals surface area contributed by atoms with Crippen molar-refractivity contribution >= 4 is 33.9 Å². The van der Waals surface area contributed by atoms with Gasteiger partial charge in [-0.05, 0) is 59.1 Å². The van der Waals surface area contributed by atoms with Gasteiger partial charge in [-0.1, -0.05) is 12.1 Å². The molecule has 0 amide bonds. The Morgan fingerprint density at radius 3 is 2.56 bits per heavy atom. The second kappa shape index (κ2) is 5.63. The van der Waals surface area contributed by atoms with Gasteiger partial charge in [0.1, 0.15) is 0 Å². The van der Waals surface area contributed by atoms with E-state index in [0.29, 0.717) is 11.1 Å². The molecule has 1 nitrogen and oxygen atoms in total. The SMILES string of the molecule is CNC(c1csc(I)c1)c1ccc(C)c(F)c1F. The Hall–Kier alpha value is -0.530. The van der Waals surface area contributed by atoms with E-state index in [1.165, 1.54) is 0 Å². The van der Waals surface area contributed by atoms with Crippen molar-refractivity contribution in [3.05, 3.63) is 54.8 Å². The second-order valence-electron chi connectivity index (χ2n) is 4.01. The average molecular weight is 379 g/mol. The van der Waals surface area contributed by atoms with Gasteiger partial charge in [-0.2, -0.15) is 0 Å². The van der Waals surface area contributed by atoms with Gasteiger partial charge in [0.05, 0.1) is 8.93 Å². The highest BCUT2D eigenvalue weighted by atomic mass is 127.